The maximum absolute atomic E-state index is 15.1. The van der Waals surface area contributed by atoms with Crippen LogP contribution in [0.4, 0.5) is 8.78 Å². The van der Waals surface area contributed by atoms with Gasteiger partial charge >= 0.3 is 0 Å². The quantitative estimate of drug-likeness (QED) is 0.712. The van der Waals surface area contributed by atoms with Gasteiger partial charge in [0, 0.05) is 43.0 Å². The SMILES string of the molecule is CCN(C(=O)c1cc(F)ccc1-c1cc(C2(F)CNC2)cn2cncc12)C(C)C. The molecule has 5 nitrogen and oxygen atoms in total. The van der Waals surface area contributed by atoms with Crippen molar-refractivity contribution >= 4 is 11.4 Å². The Morgan fingerprint density at radius 2 is 2.07 bits per heavy atom. The Bertz CT molecular complexity index is 1070. The number of alkyl halides is 1. The van der Waals surface area contributed by atoms with E-state index in [0.29, 0.717) is 23.2 Å². The van der Waals surface area contributed by atoms with E-state index in [4.69, 9.17) is 0 Å². The van der Waals surface area contributed by atoms with E-state index >= 15 is 4.39 Å². The molecule has 1 amide bonds. The number of nitrogens with zero attached hydrogens (tertiary/aromatic N) is 3. The summed E-state index contributed by atoms with van der Waals surface area (Å²) in [6.45, 7) is 6.72. The molecule has 0 saturated carbocycles. The third kappa shape index (κ3) is 3.29. The Morgan fingerprint density at radius 1 is 1.31 bits per heavy atom. The standard InChI is InChI=1S/C22H24F2N4O/c1-4-28(14(2)3)21(29)19-8-16(23)5-6-17(19)18-7-15(22(24)11-26-12-22)10-27-13-25-9-20(18)27/h5-10,13-14,26H,4,11-12H2,1-3H3. The molecule has 0 unspecified atom stereocenters. The van der Waals surface area contributed by atoms with Gasteiger partial charge in [0.05, 0.1) is 23.6 Å². The predicted octanol–water partition coefficient (Wildman–Crippen LogP) is 3.78. The predicted molar refractivity (Wildman–Crippen MR) is 108 cm³/mol. The zero-order valence-electron chi connectivity index (χ0n) is 16.7. The van der Waals surface area contributed by atoms with Gasteiger partial charge in [-0.05, 0) is 44.5 Å². The van der Waals surface area contributed by atoms with Gasteiger partial charge in [0.1, 0.15) is 5.82 Å². The van der Waals surface area contributed by atoms with E-state index in [0.717, 1.165) is 5.52 Å². The fourth-order valence-electron chi connectivity index (χ4n) is 3.87. The normalized spacial score (nSPS) is 15.5. The van der Waals surface area contributed by atoms with Gasteiger partial charge < -0.3 is 14.6 Å². The number of rotatable bonds is 5. The first-order chi connectivity index (χ1) is 13.8. The van der Waals surface area contributed by atoms with E-state index in [-0.39, 0.29) is 30.6 Å². The molecule has 29 heavy (non-hydrogen) atoms. The Labute approximate surface area is 168 Å². The van der Waals surface area contributed by atoms with Crippen LogP contribution in [-0.4, -0.2) is 45.9 Å². The fourth-order valence-corrected chi connectivity index (χ4v) is 3.87. The summed E-state index contributed by atoms with van der Waals surface area (Å²) in [6, 6.07) is 5.91. The summed E-state index contributed by atoms with van der Waals surface area (Å²) in [5.74, 6) is -0.733. The van der Waals surface area contributed by atoms with E-state index < -0.39 is 11.5 Å². The molecule has 1 fully saturated rings. The zero-order valence-corrected chi connectivity index (χ0v) is 16.7. The largest absolute Gasteiger partial charge is 0.336 e. The van der Waals surface area contributed by atoms with Gasteiger partial charge in [0.2, 0.25) is 0 Å². The summed E-state index contributed by atoms with van der Waals surface area (Å²) in [4.78, 5) is 19.1. The molecular weight excluding hydrogens is 374 g/mol. The van der Waals surface area contributed by atoms with Crippen LogP contribution in [0.1, 0.15) is 36.7 Å². The van der Waals surface area contributed by atoms with Crippen molar-refractivity contribution in [3.05, 3.63) is 59.9 Å². The number of nitrogens with one attached hydrogen (secondary N) is 1. The first-order valence-electron chi connectivity index (χ1n) is 9.81. The van der Waals surface area contributed by atoms with Gasteiger partial charge in [-0.3, -0.25) is 4.79 Å². The molecule has 1 aliphatic rings. The minimum atomic E-state index is -1.47. The smallest absolute Gasteiger partial charge is 0.254 e. The van der Waals surface area contributed by atoms with Gasteiger partial charge in [0.15, 0.2) is 5.67 Å². The highest BCUT2D eigenvalue weighted by Crippen LogP contribution is 2.36. The molecular formula is C22H24F2N4O. The summed E-state index contributed by atoms with van der Waals surface area (Å²) in [5.41, 5.74) is 1.27. The number of benzene rings is 1. The van der Waals surface area contributed by atoms with Crippen molar-refractivity contribution in [3.8, 4) is 11.1 Å². The average Bonchev–Trinajstić information content (AvgIpc) is 3.14. The fraction of sp³-hybridized carbons (Fsp3) is 0.364. The summed E-state index contributed by atoms with van der Waals surface area (Å²) < 4.78 is 31.0. The summed E-state index contributed by atoms with van der Waals surface area (Å²) in [7, 11) is 0. The lowest BCUT2D eigenvalue weighted by atomic mass is 9.88. The Hall–Kier alpha value is -2.80. The van der Waals surface area contributed by atoms with Crippen LogP contribution in [-0.2, 0) is 5.67 Å². The van der Waals surface area contributed by atoms with E-state index in [2.05, 4.69) is 10.3 Å². The van der Waals surface area contributed by atoms with E-state index in [1.54, 1.807) is 40.2 Å². The number of halogens is 2. The third-order valence-corrected chi connectivity index (χ3v) is 5.57. The molecule has 1 N–H and O–H groups in total. The van der Waals surface area contributed by atoms with Crippen molar-refractivity contribution in [2.45, 2.75) is 32.5 Å². The highest BCUT2D eigenvalue weighted by molar-refractivity contribution is 6.03. The average molecular weight is 398 g/mol. The molecule has 4 rings (SSSR count). The van der Waals surface area contributed by atoms with Crippen LogP contribution in [0.3, 0.4) is 0 Å². The molecule has 0 bridgehead atoms. The van der Waals surface area contributed by atoms with Crippen LogP contribution in [0.2, 0.25) is 0 Å². The Morgan fingerprint density at radius 3 is 2.69 bits per heavy atom. The first kappa shape index (κ1) is 19.5. The van der Waals surface area contributed by atoms with Crippen molar-refractivity contribution < 1.29 is 13.6 Å². The van der Waals surface area contributed by atoms with Gasteiger partial charge in [-0.15, -0.1) is 0 Å². The number of aromatic nitrogens is 2. The molecule has 0 aliphatic carbocycles. The number of hydrogen-bond acceptors (Lipinski definition) is 3. The van der Waals surface area contributed by atoms with Crippen molar-refractivity contribution in [1.82, 2.24) is 19.6 Å². The topological polar surface area (TPSA) is 49.6 Å². The van der Waals surface area contributed by atoms with Gasteiger partial charge in [0.25, 0.3) is 5.91 Å². The van der Waals surface area contributed by atoms with Crippen molar-refractivity contribution in [2.24, 2.45) is 0 Å². The number of hydrogen-bond donors (Lipinski definition) is 1. The van der Waals surface area contributed by atoms with Crippen LogP contribution in [0.25, 0.3) is 16.6 Å². The van der Waals surface area contributed by atoms with E-state index in [1.807, 2.05) is 20.8 Å². The first-order valence-corrected chi connectivity index (χ1v) is 9.81. The second kappa shape index (κ2) is 7.22. The zero-order chi connectivity index (χ0) is 20.8. The molecule has 2 aromatic heterocycles. The van der Waals surface area contributed by atoms with Gasteiger partial charge in [-0.2, -0.15) is 0 Å². The van der Waals surface area contributed by atoms with Crippen LogP contribution in [0, 0.1) is 5.82 Å². The molecule has 1 aromatic carbocycles. The van der Waals surface area contributed by atoms with Crippen molar-refractivity contribution in [1.29, 1.82) is 0 Å². The summed E-state index contributed by atoms with van der Waals surface area (Å²) in [6.07, 6.45) is 5.00. The lowest BCUT2D eigenvalue weighted by molar-refractivity contribution is 0.0717. The summed E-state index contributed by atoms with van der Waals surface area (Å²) >= 11 is 0. The maximum Gasteiger partial charge on any atom is 0.254 e. The molecule has 7 heteroatoms. The minimum Gasteiger partial charge on any atom is -0.336 e. The molecule has 0 radical (unpaired) electrons. The second-order valence-corrected chi connectivity index (χ2v) is 7.77. The van der Waals surface area contributed by atoms with Crippen LogP contribution < -0.4 is 5.32 Å². The monoisotopic (exact) mass is 398 g/mol. The second-order valence-electron chi connectivity index (χ2n) is 7.77. The number of pyridine rings is 1. The lowest BCUT2D eigenvalue weighted by Gasteiger charge is -2.35. The van der Waals surface area contributed by atoms with E-state index in [1.165, 1.54) is 12.1 Å². The van der Waals surface area contributed by atoms with Gasteiger partial charge in [-0.1, -0.05) is 6.07 Å². The van der Waals surface area contributed by atoms with Crippen LogP contribution >= 0.6 is 0 Å². The number of carbonyl (C=O) groups excluding carboxylic acids is 1. The molecule has 152 valence electrons. The molecule has 1 aliphatic heterocycles. The molecule has 3 aromatic rings. The van der Waals surface area contributed by atoms with Gasteiger partial charge in [-0.25, -0.2) is 13.8 Å². The Balaban J connectivity index is 1.92. The number of imidazole rings is 1. The molecule has 0 atom stereocenters. The maximum atomic E-state index is 15.1. The molecule has 0 spiro atoms. The minimum absolute atomic E-state index is 0.0277. The lowest BCUT2D eigenvalue weighted by Crippen LogP contribution is -2.53. The Kier molecular flexibility index (Phi) is 4.86. The highest BCUT2D eigenvalue weighted by Gasteiger charge is 2.39. The number of carbonyl (C=O) groups is 1. The number of amides is 1. The third-order valence-electron chi connectivity index (χ3n) is 5.57. The highest BCUT2D eigenvalue weighted by atomic mass is 19.1. The summed E-state index contributed by atoms with van der Waals surface area (Å²) in [5, 5.41) is 2.96. The van der Waals surface area contributed by atoms with Crippen molar-refractivity contribution in [3.63, 3.8) is 0 Å². The van der Waals surface area contributed by atoms with Crippen LogP contribution in [0.5, 0.6) is 0 Å². The van der Waals surface area contributed by atoms with Crippen molar-refractivity contribution in [2.75, 3.05) is 19.6 Å². The van der Waals surface area contributed by atoms with E-state index in [9.17, 15) is 9.18 Å². The number of fused-ring (bicyclic) bond motifs is 1. The molecule has 3 heterocycles. The molecule has 1 saturated heterocycles. The van der Waals surface area contributed by atoms with Crippen LogP contribution in [0.15, 0.2) is 43.0 Å².